The zero-order valence-corrected chi connectivity index (χ0v) is 12.3. The monoisotopic (exact) mass is 324 g/mol. The first-order chi connectivity index (χ1) is 8.56. The summed E-state index contributed by atoms with van der Waals surface area (Å²) < 4.78 is 15.7. The maximum atomic E-state index is 13.2. The molecule has 2 aromatic heterocycles. The van der Waals surface area contributed by atoms with Gasteiger partial charge in [0.25, 0.3) is 0 Å². The van der Waals surface area contributed by atoms with E-state index in [9.17, 15) is 4.39 Å². The van der Waals surface area contributed by atoms with Crippen LogP contribution >= 0.6 is 27.3 Å². The van der Waals surface area contributed by atoms with Crippen molar-refractivity contribution in [1.29, 1.82) is 0 Å². The lowest BCUT2D eigenvalue weighted by atomic mass is 10.2. The Hall–Kier alpha value is -1.20. The van der Waals surface area contributed by atoms with Crippen LogP contribution in [0.4, 0.5) is 4.39 Å². The topological polar surface area (TPSA) is 17.3 Å². The molecule has 3 rings (SSSR count). The SMILES string of the molecule is Cc1sc2nc(-c3ccc(F)c(Br)c3)cn2c1C. The van der Waals surface area contributed by atoms with Gasteiger partial charge in [0.15, 0.2) is 4.96 Å². The van der Waals surface area contributed by atoms with Gasteiger partial charge in [-0.15, -0.1) is 11.3 Å². The molecule has 0 fully saturated rings. The van der Waals surface area contributed by atoms with Crippen molar-refractivity contribution < 1.29 is 4.39 Å². The molecule has 2 nitrogen and oxygen atoms in total. The van der Waals surface area contributed by atoms with Crippen molar-refractivity contribution in [2.75, 3.05) is 0 Å². The fourth-order valence-electron chi connectivity index (χ4n) is 1.85. The van der Waals surface area contributed by atoms with Gasteiger partial charge < -0.3 is 0 Å². The molecule has 0 unspecified atom stereocenters. The second kappa shape index (κ2) is 4.17. The Morgan fingerprint density at radius 2 is 2.11 bits per heavy atom. The Morgan fingerprint density at radius 1 is 1.33 bits per heavy atom. The smallest absolute Gasteiger partial charge is 0.194 e. The van der Waals surface area contributed by atoms with Crippen LogP contribution in [0.3, 0.4) is 0 Å². The molecule has 18 heavy (non-hydrogen) atoms. The first kappa shape index (κ1) is 11.9. The molecule has 1 aromatic carbocycles. The van der Waals surface area contributed by atoms with Crippen molar-refractivity contribution in [3.8, 4) is 11.3 Å². The highest BCUT2D eigenvalue weighted by atomic mass is 79.9. The van der Waals surface area contributed by atoms with Crippen molar-refractivity contribution in [1.82, 2.24) is 9.38 Å². The number of halogens is 2. The molecule has 3 aromatic rings. The molecule has 0 saturated carbocycles. The van der Waals surface area contributed by atoms with Gasteiger partial charge in [-0.05, 0) is 48.0 Å². The fraction of sp³-hybridized carbons (Fsp3) is 0.154. The van der Waals surface area contributed by atoms with E-state index in [1.807, 2.05) is 6.20 Å². The number of nitrogens with zero attached hydrogens (tertiary/aromatic N) is 2. The van der Waals surface area contributed by atoms with Crippen LogP contribution in [0, 0.1) is 19.7 Å². The third-order valence-corrected chi connectivity index (χ3v) is 4.68. The number of thiazole rings is 1. The molecule has 2 heterocycles. The van der Waals surface area contributed by atoms with Gasteiger partial charge in [-0.2, -0.15) is 0 Å². The molecule has 0 amide bonds. The molecule has 0 radical (unpaired) electrons. The number of fused-ring (bicyclic) bond motifs is 1. The van der Waals surface area contributed by atoms with Gasteiger partial charge in [0.2, 0.25) is 0 Å². The van der Waals surface area contributed by atoms with Crippen LogP contribution in [0.2, 0.25) is 0 Å². The van der Waals surface area contributed by atoms with Gasteiger partial charge in [0.05, 0.1) is 10.2 Å². The van der Waals surface area contributed by atoms with E-state index in [1.54, 1.807) is 23.5 Å². The summed E-state index contributed by atoms with van der Waals surface area (Å²) in [6.07, 6.45) is 1.99. The summed E-state index contributed by atoms with van der Waals surface area (Å²) in [6.45, 7) is 4.16. The minimum absolute atomic E-state index is 0.258. The zero-order valence-electron chi connectivity index (χ0n) is 9.87. The van der Waals surface area contributed by atoms with E-state index < -0.39 is 0 Å². The van der Waals surface area contributed by atoms with E-state index in [-0.39, 0.29) is 5.82 Å². The van der Waals surface area contributed by atoms with Crippen LogP contribution in [-0.4, -0.2) is 9.38 Å². The van der Waals surface area contributed by atoms with Gasteiger partial charge in [0, 0.05) is 22.3 Å². The van der Waals surface area contributed by atoms with Crippen molar-refractivity contribution in [3.05, 3.63) is 45.3 Å². The van der Waals surface area contributed by atoms with Crippen LogP contribution in [0.5, 0.6) is 0 Å². The van der Waals surface area contributed by atoms with Gasteiger partial charge in [-0.1, -0.05) is 0 Å². The van der Waals surface area contributed by atoms with E-state index in [2.05, 4.69) is 39.2 Å². The third kappa shape index (κ3) is 1.78. The zero-order chi connectivity index (χ0) is 12.9. The summed E-state index contributed by atoms with van der Waals surface area (Å²) in [4.78, 5) is 6.81. The van der Waals surface area contributed by atoms with Crippen LogP contribution < -0.4 is 0 Å². The maximum absolute atomic E-state index is 13.2. The highest BCUT2D eigenvalue weighted by Crippen LogP contribution is 2.28. The van der Waals surface area contributed by atoms with E-state index in [1.165, 1.54) is 16.6 Å². The molecular formula is C13H10BrFN2S. The number of rotatable bonds is 1. The van der Waals surface area contributed by atoms with Crippen molar-refractivity contribution in [2.45, 2.75) is 13.8 Å². The van der Waals surface area contributed by atoms with Gasteiger partial charge in [0.1, 0.15) is 5.82 Å². The maximum Gasteiger partial charge on any atom is 0.194 e. The van der Waals surface area contributed by atoms with E-state index in [0.717, 1.165) is 16.2 Å². The molecule has 0 spiro atoms. The first-order valence-corrected chi connectivity index (χ1v) is 7.08. The van der Waals surface area contributed by atoms with Gasteiger partial charge >= 0.3 is 0 Å². The van der Waals surface area contributed by atoms with Crippen LogP contribution in [0.1, 0.15) is 10.6 Å². The summed E-state index contributed by atoms with van der Waals surface area (Å²) in [5, 5.41) is 0. The Bertz CT molecular complexity index is 745. The largest absolute Gasteiger partial charge is 0.294 e. The van der Waals surface area contributed by atoms with Crippen molar-refractivity contribution >= 4 is 32.2 Å². The second-order valence-corrected chi connectivity index (χ2v) is 6.19. The predicted molar refractivity (Wildman–Crippen MR) is 75.6 cm³/mol. The van der Waals surface area contributed by atoms with Crippen molar-refractivity contribution in [3.63, 3.8) is 0 Å². The van der Waals surface area contributed by atoms with E-state index in [4.69, 9.17) is 0 Å². The summed E-state index contributed by atoms with van der Waals surface area (Å²) in [5.41, 5.74) is 2.98. The minimum Gasteiger partial charge on any atom is -0.294 e. The summed E-state index contributed by atoms with van der Waals surface area (Å²) in [5.74, 6) is -0.258. The Morgan fingerprint density at radius 3 is 2.78 bits per heavy atom. The van der Waals surface area contributed by atoms with Crippen LogP contribution in [0.25, 0.3) is 16.2 Å². The number of aryl methyl sites for hydroxylation is 2. The average molecular weight is 325 g/mol. The lowest BCUT2D eigenvalue weighted by Gasteiger charge is -1.98. The third-order valence-electron chi connectivity index (χ3n) is 3.00. The molecule has 0 saturated heterocycles. The van der Waals surface area contributed by atoms with E-state index in [0.29, 0.717) is 4.47 Å². The lowest BCUT2D eigenvalue weighted by molar-refractivity contribution is 0.621. The highest BCUT2D eigenvalue weighted by molar-refractivity contribution is 9.10. The van der Waals surface area contributed by atoms with Gasteiger partial charge in [-0.3, -0.25) is 4.40 Å². The minimum atomic E-state index is -0.258. The number of benzene rings is 1. The summed E-state index contributed by atoms with van der Waals surface area (Å²) >= 11 is 4.86. The lowest BCUT2D eigenvalue weighted by Crippen LogP contribution is -1.83. The van der Waals surface area contributed by atoms with E-state index >= 15 is 0 Å². The molecule has 0 N–H and O–H groups in total. The molecule has 0 atom stereocenters. The molecule has 0 aliphatic heterocycles. The number of aromatic nitrogens is 2. The number of hydrogen-bond donors (Lipinski definition) is 0. The quantitative estimate of drug-likeness (QED) is 0.640. The number of imidazole rings is 1. The molecule has 92 valence electrons. The fourth-order valence-corrected chi connectivity index (χ4v) is 3.18. The summed E-state index contributed by atoms with van der Waals surface area (Å²) in [7, 11) is 0. The molecule has 0 bridgehead atoms. The van der Waals surface area contributed by atoms with Gasteiger partial charge in [-0.25, -0.2) is 9.37 Å². The molecule has 0 aliphatic carbocycles. The molecule has 0 aliphatic rings. The Labute approximate surface area is 116 Å². The Balaban J connectivity index is 2.16. The van der Waals surface area contributed by atoms with Crippen LogP contribution in [0.15, 0.2) is 28.9 Å². The average Bonchev–Trinajstić information content (AvgIpc) is 2.85. The predicted octanol–water partition coefficient (Wildman–Crippen LogP) is 4.58. The van der Waals surface area contributed by atoms with Crippen molar-refractivity contribution in [2.24, 2.45) is 0 Å². The van der Waals surface area contributed by atoms with Crippen LogP contribution in [-0.2, 0) is 0 Å². The normalized spacial score (nSPS) is 11.3. The molecular weight excluding hydrogens is 315 g/mol. The Kier molecular flexibility index (Phi) is 2.75. The molecule has 5 heteroatoms. The number of hydrogen-bond acceptors (Lipinski definition) is 2. The summed E-state index contributed by atoms with van der Waals surface area (Å²) in [6, 6.07) is 4.95. The standard InChI is InChI=1S/C13H10BrFN2S/c1-7-8(2)18-13-16-12(6-17(7)13)9-3-4-11(15)10(14)5-9/h3-6H,1-2H3. The first-order valence-electron chi connectivity index (χ1n) is 5.47. The second-order valence-electron chi connectivity index (χ2n) is 4.15. The highest BCUT2D eigenvalue weighted by Gasteiger charge is 2.11.